The number of esters is 1. The highest BCUT2D eigenvalue weighted by Crippen LogP contribution is 2.35. The van der Waals surface area contributed by atoms with E-state index in [4.69, 9.17) is 0 Å². The minimum Gasteiger partial charge on any atom is -0.469 e. The number of amides is 1. The minimum absolute atomic E-state index is 0.0165. The Morgan fingerprint density at radius 2 is 2.10 bits per heavy atom. The molecule has 0 unspecified atom stereocenters. The number of thioether (sulfide) groups is 1. The first-order valence-electron chi connectivity index (χ1n) is 6.71. The van der Waals surface area contributed by atoms with Crippen LogP contribution in [0.15, 0.2) is 29.2 Å². The van der Waals surface area contributed by atoms with Crippen molar-refractivity contribution < 1.29 is 14.3 Å². The summed E-state index contributed by atoms with van der Waals surface area (Å²) in [5, 5.41) is 0. The lowest BCUT2D eigenvalue weighted by Crippen LogP contribution is -2.34. The zero-order valence-corrected chi connectivity index (χ0v) is 12.6. The summed E-state index contributed by atoms with van der Waals surface area (Å²) in [6, 6.07) is 7.93. The highest BCUT2D eigenvalue weighted by Gasteiger charge is 2.24. The van der Waals surface area contributed by atoms with Crippen LogP contribution in [-0.4, -0.2) is 31.3 Å². The number of methoxy groups -OCH3 is 1. The molecule has 0 spiro atoms. The van der Waals surface area contributed by atoms with Crippen molar-refractivity contribution in [3.8, 4) is 0 Å². The smallest absolute Gasteiger partial charge is 0.306 e. The zero-order valence-electron chi connectivity index (χ0n) is 11.8. The molecule has 0 N–H and O–H groups in total. The molecule has 1 atom stereocenters. The fourth-order valence-electron chi connectivity index (χ4n) is 2.18. The van der Waals surface area contributed by atoms with E-state index in [0.717, 1.165) is 16.3 Å². The number of fused-ring (bicyclic) bond motifs is 1. The van der Waals surface area contributed by atoms with E-state index in [0.29, 0.717) is 12.5 Å². The Morgan fingerprint density at radius 1 is 1.35 bits per heavy atom. The molecule has 1 aromatic rings. The van der Waals surface area contributed by atoms with Crippen LogP contribution in [0.1, 0.15) is 19.8 Å². The normalized spacial score (nSPS) is 18.1. The van der Waals surface area contributed by atoms with Gasteiger partial charge in [-0.1, -0.05) is 19.1 Å². The predicted octanol–water partition coefficient (Wildman–Crippen LogP) is 2.71. The van der Waals surface area contributed by atoms with Gasteiger partial charge in [-0.05, 0) is 18.1 Å². The van der Waals surface area contributed by atoms with Crippen molar-refractivity contribution in [2.75, 3.05) is 24.3 Å². The topological polar surface area (TPSA) is 46.6 Å². The van der Waals surface area contributed by atoms with Crippen LogP contribution in [0.3, 0.4) is 0 Å². The van der Waals surface area contributed by atoms with Crippen LogP contribution in [0.2, 0.25) is 0 Å². The van der Waals surface area contributed by atoms with Gasteiger partial charge in [-0.15, -0.1) is 11.8 Å². The average Bonchev–Trinajstić information content (AvgIpc) is 2.64. The highest BCUT2D eigenvalue weighted by molar-refractivity contribution is 7.99. The van der Waals surface area contributed by atoms with Gasteiger partial charge in [-0.25, -0.2) is 0 Å². The number of benzene rings is 1. The van der Waals surface area contributed by atoms with Crippen LogP contribution in [-0.2, 0) is 14.3 Å². The van der Waals surface area contributed by atoms with E-state index in [1.165, 1.54) is 7.11 Å². The highest BCUT2D eigenvalue weighted by atomic mass is 32.2. The number of hydrogen-bond acceptors (Lipinski definition) is 4. The Bertz CT molecular complexity index is 504. The second-order valence-electron chi connectivity index (χ2n) is 4.96. The van der Waals surface area contributed by atoms with Crippen molar-refractivity contribution >= 4 is 29.3 Å². The first kappa shape index (κ1) is 14.9. The van der Waals surface area contributed by atoms with E-state index < -0.39 is 0 Å². The fraction of sp³-hybridized carbons (Fsp3) is 0.467. The minimum atomic E-state index is -0.344. The maximum absolute atomic E-state index is 12.4. The standard InChI is InChI=1S/C15H19NO3S/c1-11-9-16(14(17)7-8-15(18)19-2)12-5-3-4-6-13(12)20-10-11/h3-6,11H,7-10H2,1-2H3/t11-/m0/s1. The molecular weight excluding hydrogens is 274 g/mol. The number of para-hydroxylation sites is 1. The van der Waals surface area contributed by atoms with Crippen molar-refractivity contribution in [3.05, 3.63) is 24.3 Å². The molecule has 4 nitrogen and oxygen atoms in total. The molecule has 1 aliphatic heterocycles. The molecule has 0 fully saturated rings. The molecular formula is C15H19NO3S. The van der Waals surface area contributed by atoms with Crippen LogP contribution < -0.4 is 4.90 Å². The second-order valence-corrected chi connectivity index (χ2v) is 6.03. The van der Waals surface area contributed by atoms with Crippen molar-refractivity contribution in [1.82, 2.24) is 0 Å². The van der Waals surface area contributed by atoms with Crippen molar-refractivity contribution in [3.63, 3.8) is 0 Å². The van der Waals surface area contributed by atoms with Gasteiger partial charge in [0.1, 0.15) is 0 Å². The Hall–Kier alpha value is -1.49. The number of anilines is 1. The molecule has 0 bridgehead atoms. The summed E-state index contributed by atoms with van der Waals surface area (Å²) >= 11 is 1.78. The molecule has 5 heteroatoms. The maximum Gasteiger partial charge on any atom is 0.306 e. The summed E-state index contributed by atoms with van der Waals surface area (Å²) in [6.45, 7) is 2.84. The third-order valence-electron chi connectivity index (χ3n) is 3.25. The summed E-state index contributed by atoms with van der Waals surface area (Å²) in [6.07, 6.45) is 0.327. The van der Waals surface area contributed by atoms with Gasteiger partial charge in [-0.2, -0.15) is 0 Å². The van der Waals surface area contributed by atoms with Crippen LogP contribution in [0.4, 0.5) is 5.69 Å². The fourth-order valence-corrected chi connectivity index (χ4v) is 3.25. The van der Waals surface area contributed by atoms with Crippen molar-refractivity contribution in [2.24, 2.45) is 5.92 Å². The predicted molar refractivity (Wildman–Crippen MR) is 79.9 cm³/mol. The van der Waals surface area contributed by atoms with Gasteiger partial charge < -0.3 is 9.64 Å². The molecule has 0 saturated heterocycles. The quantitative estimate of drug-likeness (QED) is 0.804. The van der Waals surface area contributed by atoms with Crippen LogP contribution in [0, 0.1) is 5.92 Å². The van der Waals surface area contributed by atoms with E-state index in [2.05, 4.69) is 11.7 Å². The number of carbonyl (C=O) groups excluding carboxylic acids is 2. The van der Waals surface area contributed by atoms with Crippen LogP contribution >= 0.6 is 11.8 Å². The van der Waals surface area contributed by atoms with E-state index >= 15 is 0 Å². The molecule has 20 heavy (non-hydrogen) atoms. The van der Waals surface area contributed by atoms with E-state index in [-0.39, 0.29) is 24.7 Å². The molecule has 108 valence electrons. The molecule has 0 aromatic heterocycles. The Balaban J connectivity index is 2.16. The Kier molecular flexibility index (Phi) is 5.06. The van der Waals surface area contributed by atoms with Gasteiger partial charge >= 0.3 is 5.97 Å². The second kappa shape index (κ2) is 6.79. The lowest BCUT2D eigenvalue weighted by molar-refractivity contribution is -0.141. The summed E-state index contributed by atoms with van der Waals surface area (Å²) < 4.78 is 4.59. The van der Waals surface area contributed by atoms with Crippen molar-refractivity contribution in [1.29, 1.82) is 0 Å². The summed E-state index contributed by atoms with van der Waals surface area (Å²) in [7, 11) is 1.34. The SMILES string of the molecule is COC(=O)CCC(=O)N1C[C@H](C)CSc2ccccc21. The zero-order chi connectivity index (χ0) is 14.5. The molecule has 2 rings (SSSR count). The van der Waals surface area contributed by atoms with E-state index in [1.54, 1.807) is 11.8 Å². The Morgan fingerprint density at radius 3 is 2.85 bits per heavy atom. The van der Waals surface area contributed by atoms with Crippen LogP contribution in [0.5, 0.6) is 0 Å². The average molecular weight is 293 g/mol. The molecule has 1 aliphatic rings. The number of rotatable bonds is 3. The van der Waals surface area contributed by atoms with E-state index in [9.17, 15) is 9.59 Å². The molecule has 0 aliphatic carbocycles. The molecule has 1 amide bonds. The van der Waals surface area contributed by atoms with Gasteiger partial charge in [0.25, 0.3) is 0 Å². The first-order chi connectivity index (χ1) is 9.61. The molecule has 1 aromatic carbocycles. The monoisotopic (exact) mass is 293 g/mol. The maximum atomic E-state index is 12.4. The third kappa shape index (κ3) is 3.54. The largest absolute Gasteiger partial charge is 0.469 e. The number of carbonyl (C=O) groups is 2. The van der Waals surface area contributed by atoms with E-state index in [1.807, 2.05) is 29.2 Å². The molecule has 1 heterocycles. The third-order valence-corrected chi connectivity index (χ3v) is 4.64. The summed E-state index contributed by atoms with van der Waals surface area (Å²) in [5.74, 6) is 1.06. The van der Waals surface area contributed by atoms with Gasteiger partial charge in [0.05, 0.1) is 19.2 Å². The number of ether oxygens (including phenoxy) is 1. The lowest BCUT2D eigenvalue weighted by atomic mass is 10.1. The molecule has 0 saturated carbocycles. The summed E-state index contributed by atoms with van der Waals surface area (Å²) in [4.78, 5) is 26.5. The Labute approximate surface area is 123 Å². The van der Waals surface area contributed by atoms with Crippen LogP contribution in [0.25, 0.3) is 0 Å². The molecule has 0 radical (unpaired) electrons. The lowest BCUT2D eigenvalue weighted by Gasteiger charge is -2.24. The van der Waals surface area contributed by atoms with Gasteiger partial charge in [0.15, 0.2) is 0 Å². The van der Waals surface area contributed by atoms with Gasteiger partial charge in [-0.3, -0.25) is 9.59 Å². The summed E-state index contributed by atoms with van der Waals surface area (Å²) in [5.41, 5.74) is 0.955. The van der Waals surface area contributed by atoms with Gasteiger partial charge in [0, 0.05) is 23.6 Å². The number of nitrogens with zero attached hydrogens (tertiary/aromatic N) is 1. The number of hydrogen-bond donors (Lipinski definition) is 0. The first-order valence-corrected chi connectivity index (χ1v) is 7.69. The van der Waals surface area contributed by atoms with Gasteiger partial charge in [0.2, 0.25) is 5.91 Å². The van der Waals surface area contributed by atoms with Crippen molar-refractivity contribution in [2.45, 2.75) is 24.7 Å².